The second kappa shape index (κ2) is 4.99. The Balaban J connectivity index is 2.66. The maximum absolute atomic E-state index is 13.0. The molecule has 0 heterocycles. The number of aryl methyl sites for hydroxylation is 1. The molecule has 0 bridgehead atoms. The van der Waals surface area contributed by atoms with E-state index in [1.807, 2.05) is 13.0 Å². The fraction of sp³-hybridized carbons (Fsp3) is 0.500. The Morgan fingerprint density at radius 1 is 1.36 bits per heavy atom. The number of rotatable bonds is 4. The van der Waals surface area contributed by atoms with Gasteiger partial charge < -0.3 is 5.32 Å². The summed E-state index contributed by atoms with van der Waals surface area (Å²) in [4.78, 5) is 0. The predicted molar refractivity (Wildman–Crippen MR) is 59.1 cm³/mol. The zero-order chi connectivity index (χ0) is 10.6. The van der Waals surface area contributed by atoms with Crippen LogP contribution in [-0.4, -0.2) is 6.04 Å². The van der Waals surface area contributed by atoms with Gasteiger partial charge in [0.1, 0.15) is 5.82 Å². The van der Waals surface area contributed by atoms with Crippen molar-refractivity contribution in [2.24, 2.45) is 0 Å². The van der Waals surface area contributed by atoms with Gasteiger partial charge in [0.25, 0.3) is 0 Å². The topological polar surface area (TPSA) is 12.0 Å². The van der Waals surface area contributed by atoms with Crippen LogP contribution < -0.4 is 5.32 Å². The van der Waals surface area contributed by atoms with E-state index in [4.69, 9.17) is 0 Å². The predicted octanol–water partition coefficient (Wildman–Crippen LogP) is 3.73. The van der Waals surface area contributed by atoms with E-state index in [-0.39, 0.29) is 5.82 Å². The van der Waals surface area contributed by atoms with Crippen LogP contribution in [0.25, 0.3) is 0 Å². The molecule has 0 aliphatic heterocycles. The Morgan fingerprint density at radius 3 is 2.64 bits per heavy atom. The molecular weight excluding hydrogens is 177 g/mol. The highest BCUT2D eigenvalue weighted by atomic mass is 19.1. The number of nitrogens with one attached hydrogen (secondary N) is 1. The molecule has 14 heavy (non-hydrogen) atoms. The number of halogens is 1. The summed E-state index contributed by atoms with van der Waals surface area (Å²) < 4.78 is 13.0. The monoisotopic (exact) mass is 195 g/mol. The average Bonchev–Trinajstić information content (AvgIpc) is 2.01. The summed E-state index contributed by atoms with van der Waals surface area (Å²) in [5.41, 5.74) is 1.83. The molecule has 78 valence electrons. The van der Waals surface area contributed by atoms with Gasteiger partial charge in [-0.1, -0.05) is 13.3 Å². The van der Waals surface area contributed by atoms with Crippen LogP contribution in [0.15, 0.2) is 18.2 Å². The van der Waals surface area contributed by atoms with Crippen LogP contribution >= 0.6 is 0 Å². The molecule has 0 saturated carbocycles. The molecule has 0 amide bonds. The van der Waals surface area contributed by atoms with Crippen LogP contribution in [0.4, 0.5) is 10.1 Å². The van der Waals surface area contributed by atoms with E-state index in [9.17, 15) is 4.39 Å². The van der Waals surface area contributed by atoms with Crippen LogP contribution in [0.3, 0.4) is 0 Å². The Kier molecular flexibility index (Phi) is 3.93. The van der Waals surface area contributed by atoms with Crippen molar-refractivity contribution in [1.29, 1.82) is 0 Å². The third-order valence-corrected chi connectivity index (χ3v) is 2.18. The van der Waals surface area contributed by atoms with E-state index in [1.54, 1.807) is 6.07 Å². The fourth-order valence-electron chi connectivity index (χ4n) is 1.61. The lowest BCUT2D eigenvalue weighted by atomic mass is 10.1. The molecule has 1 rings (SSSR count). The van der Waals surface area contributed by atoms with Crippen molar-refractivity contribution in [1.82, 2.24) is 0 Å². The van der Waals surface area contributed by atoms with Gasteiger partial charge in [0.15, 0.2) is 0 Å². The summed E-state index contributed by atoms with van der Waals surface area (Å²) in [6.45, 7) is 6.16. The zero-order valence-corrected chi connectivity index (χ0v) is 9.10. The third kappa shape index (κ3) is 3.36. The van der Waals surface area contributed by atoms with E-state index in [1.165, 1.54) is 6.07 Å². The van der Waals surface area contributed by atoms with Gasteiger partial charge in [0.05, 0.1) is 0 Å². The standard InChI is InChI=1S/C12H18FN/c1-4-5-10(3)14-12-7-9(2)6-11(13)8-12/h6-8,10,14H,4-5H2,1-3H3/t10-/m0/s1. The average molecular weight is 195 g/mol. The van der Waals surface area contributed by atoms with Crippen LogP contribution in [0.2, 0.25) is 0 Å². The molecule has 1 aromatic rings. The van der Waals surface area contributed by atoms with Gasteiger partial charge in [0, 0.05) is 11.7 Å². The Hall–Kier alpha value is -1.05. The van der Waals surface area contributed by atoms with E-state index in [0.29, 0.717) is 6.04 Å². The molecule has 0 spiro atoms. The Bertz CT molecular complexity index is 276. The molecule has 0 saturated heterocycles. The Morgan fingerprint density at radius 2 is 2.07 bits per heavy atom. The highest BCUT2D eigenvalue weighted by Gasteiger charge is 2.02. The van der Waals surface area contributed by atoms with Gasteiger partial charge in [0.2, 0.25) is 0 Å². The molecule has 0 aliphatic rings. The summed E-state index contributed by atoms with van der Waals surface area (Å²) >= 11 is 0. The Labute approximate surface area is 85.3 Å². The SMILES string of the molecule is CCC[C@H](C)Nc1cc(C)cc(F)c1. The second-order valence-electron chi connectivity index (χ2n) is 3.85. The van der Waals surface area contributed by atoms with Crippen LogP contribution in [-0.2, 0) is 0 Å². The van der Waals surface area contributed by atoms with Crippen molar-refractivity contribution >= 4 is 5.69 Å². The van der Waals surface area contributed by atoms with Gasteiger partial charge in [-0.25, -0.2) is 4.39 Å². The van der Waals surface area contributed by atoms with Crippen molar-refractivity contribution in [3.8, 4) is 0 Å². The summed E-state index contributed by atoms with van der Waals surface area (Å²) in [6, 6.07) is 5.45. The quantitative estimate of drug-likeness (QED) is 0.771. The smallest absolute Gasteiger partial charge is 0.125 e. The molecule has 0 aromatic heterocycles. The van der Waals surface area contributed by atoms with E-state index >= 15 is 0 Å². The molecule has 1 nitrogen and oxygen atoms in total. The molecular formula is C12H18FN. The number of hydrogen-bond donors (Lipinski definition) is 1. The maximum Gasteiger partial charge on any atom is 0.125 e. The lowest BCUT2D eigenvalue weighted by Crippen LogP contribution is -2.14. The number of anilines is 1. The highest BCUT2D eigenvalue weighted by Crippen LogP contribution is 2.15. The lowest BCUT2D eigenvalue weighted by Gasteiger charge is -2.14. The molecule has 2 heteroatoms. The fourth-order valence-corrected chi connectivity index (χ4v) is 1.61. The minimum absolute atomic E-state index is 0.170. The first-order valence-corrected chi connectivity index (χ1v) is 5.15. The van der Waals surface area contributed by atoms with Crippen LogP contribution in [0.1, 0.15) is 32.3 Å². The molecule has 0 radical (unpaired) electrons. The zero-order valence-electron chi connectivity index (χ0n) is 9.10. The number of benzene rings is 1. The van der Waals surface area contributed by atoms with Gasteiger partial charge in [-0.3, -0.25) is 0 Å². The van der Waals surface area contributed by atoms with Gasteiger partial charge >= 0.3 is 0 Å². The van der Waals surface area contributed by atoms with Crippen LogP contribution in [0.5, 0.6) is 0 Å². The lowest BCUT2D eigenvalue weighted by molar-refractivity contribution is 0.625. The summed E-state index contributed by atoms with van der Waals surface area (Å²) in [6.07, 6.45) is 2.25. The largest absolute Gasteiger partial charge is 0.383 e. The second-order valence-corrected chi connectivity index (χ2v) is 3.85. The van der Waals surface area contributed by atoms with Gasteiger partial charge in [-0.2, -0.15) is 0 Å². The van der Waals surface area contributed by atoms with Crippen molar-refractivity contribution in [2.75, 3.05) is 5.32 Å². The van der Waals surface area contributed by atoms with Crippen molar-refractivity contribution in [2.45, 2.75) is 39.7 Å². The minimum atomic E-state index is -0.170. The van der Waals surface area contributed by atoms with E-state index in [0.717, 1.165) is 24.1 Å². The van der Waals surface area contributed by atoms with E-state index in [2.05, 4.69) is 19.2 Å². The molecule has 0 fully saturated rings. The molecule has 1 atom stereocenters. The first-order valence-electron chi connectivity index (χ1n) is 5.15. The first kappa shape index (κ1) is 11.0. The normalized spacial score (nSPS) is 12.6. The number of hydrogen-bond acceptors (Lipinski definition) is 1. The van der Waals surface area contributed by atoms with Crippen molar-refractivity contribution in [3.05, 3.63) is 29.6 Å². The maximum atomic E-state index is 13.0. The van der Waals surface area contributed by atoms with Crippen molar-refractivity contribution < 1.29 is 4.39 Å². The molecule has 1 aromatic carbocycles. The van der Waals surface area contributed by atoms with Crippen molar-refractivity contribution in [3.63, 3.8) is 0 Å². The first-order chi connectivity index (χ1) is 6.61. The summed E-state index contributed by atoms with van der Waals surface area (Å²) in [5, 5.41) is 3.28. The summed E-state index contributed by atoms with van der Waals surface area (Å²) in [7, 11) is 0. The van der Waals surface area contributed by atoms with Gasteiger partial charge in [-0.05, 0) is 44.0 Å². The van der Waals surface area contributed by atoms with Crippen LogP contribution in [0, 0.1) is 12.7 Å². The minimum Gasteiger partial charge on any atom is -0.383 e. The van der Waals surface area contributed by atoms with Gasteiger partial charge in [-0.15, -0.1) is 0 Å². The van der Waals surface area contributed by atoms with E-state index < -0.39 is 0 Å². The summed E-state index contributed by atoms with van der Waals surface area (Å²) in [5.74, 6) is -0.170. The highest BCUT2D eigenvalue weighted by molar-refractivity contribution is 5.46. The molecule has 0 unspecified atom stereocenters. The molecule has 1 N–H and O–H groups in total. The molecule has 0 aliphatic carbocycles. The third-order valence-electron chi connectivity index (χ3n) is 2.18.